The Labute approximate surface area is 120 Å². The Hall–Kier alpha value is -2.26. The molecule has 0 saturated heterocycles. The molecule has 2 N–H and O–H groups in total. The van der Waals surface area contributed by atoms with Crippen molar-refractivity contribution in [1.29, 1.82) is 0 Å². The van der Waals surface area contributed by atoms with Crippen LogP contribution in [0.25, 0.3) is 22.3 Å². The number of halogens is 1. The maximum Gasteiger partial charge on any atom is 0.193 e. The van der Waals surface area contributed by atoms with E-state index in [1.807, 2.05) is 19.1 Å². The second-order valence-corrected chi connectivity index (χ2v) is 5.12. The van der Waals surface area contributed by atoms with E-state index < -0.39 is 0 Å². The Balaban J connectivity index is 2.26. The van der Waals surface area contributed by atoms with Crippen molar-refractivity contribution in [3.63, 3.8) is 0 Å². The van der Waals surface area contributed by atoms with Gasteiger partial charge in [0.1, 0.15) is 11.3 Å². The lowest BCUT2D eigenvalue weighted by Crippen LogP contribution is -2.00. The summed E-state index contributed by atoms with van der Waals surface area (Å²) in [6, 6.07) is 12.1. The third-order valence-electron chi connectivity index (χ3n) is 3.17. The van der Waals surface area contributed by atoms with Crippen LogP contribution in [0.1, 0.15) is 5.56 Å². The summed E-state index contributed by atoms with van der Waals surface area (Å²) in [5.41, 5.74) is 8.50. The fourth-order valence-electron chi connectivity index (χ4n) is 2.10. The molecule has 2 aromatic carbocycles. The van der Waals surface area contributed by atoms with E-state index >= 15 is 0 Å². The number of fused-ring (bicyclic) bond motifs is 1. The lowest BCUT2D eigenvalue weighted by Gasteiger charge is -2.05. The number of rotatable bonds is 1. The normalized spacial score (nSPS) is 10.9. The molecule has 0 spiro atoms. The largest absolute Gasteiger partial charge is 0.456 e. The number of aryl methyl sites for hydroxylation is 1. The Morgan fingerprint density at radius 3 is 2.65 bits per heavy atom. The molecule has 0 bridgehead atoms. The van der Waals surface area contributed by atoms with Crippen LogP contribution in [0.15, 0.2) is 51.7 Å². The first-order valence-corrected chi connectivity index (χ1v) is 6.52. The zero-order valence-electron chi connectivity index (χ0n) is 10.8. The van der Waals surface area contributed by atoms with Crippen LogP contribution < -0.4 is 11.2 Å². The molecule has 4 heteroatoms. The molecule has 0 saturated carbocycles. The third kappa shape index (κ3) is 2.17. The highest BCUT2D eigenvalue weighted by molar-refractivity contribution is 6.33. The van der Waals surface area contributed by atoms with Gasteiger partial charge in [-0.2, -0.15) is 0 Å². The fraction of sp³-hybridized carbons (Fsp3) is 0.0625. The molecule has 0 atom stereocenters. The second-order valence-electron chi connectivity index (χ2n) is 4.71. The van der Waals surface area contributed by atoms with Gasteiger partial charge >= 0.3 is 0 Å². The van der Waals surface area contributed by atoms with Gasteiger partial charge in [0.15, 0.2) is 5.43 Å². The van der Waals surface area contributed by atoms with E-state index in [2.05, 4.69) is 0 Å². The van der Waals surface area contributed by atoms with Gasteiger partial charge in [-0.05, 0) is 42.8 Å². The quantitative estimate of drug-likeness (QED) is 0.687. The Kier molecular flexibility index (Phi) is 2.99. The average molecular weight is 286 g/mol. The van der Waals surface area contributed by atoms with Crippen molar-refractivity contribution in [1.82, 2.24) is 0 Å². The first-order chi connectivity index (χ1) is 9.54. The monoisotopic (exact) mass is 285 g/mol. The molecule has 0 amide bonds. The van der Waals surface area contributed by atoms with E-state index in [0.717, 1.165) is 11.1 Å². The molecular formula is C16H12ClNO2. The van der Waals surface area contributed by atoms with Gasteiger partial charge in [0.25, 0.3) is 0 Å². The Morgan fingerprint density at radius 2 is 1.90 bits per heavy atom. The third-order valence-corrected chi connectivity index (χ3v) is 3.51. The minimum absolute atomic E-state index is 0.0743. The van der Waals surface area contributed by atoms with Gasteiger partial charge in [0, 0.05) is 11.6 Å². The molecule has 3 nitrogen and oxygen atoms in total. The molecule has 0 radical (unpaired) electrons. The number of nitrogens with two attached hydrogens (primary N) is 1. The van der Waals surface area contributed by atoms with Crippen LogP contribution in [0.4, 0.5) is 5.69 Å². The predicted octanol–water partition coefficient (Wildman–Crippen LogP) is 4.00. The maximum absolute atomic E-state index is 12.1. The summed E-state index contributed by atoms with van der Waals surface area (Å²) in [6.07, 6.45) is 0. The van der Waals surface area contributed by atoms with Crippen LogP contribution in [-0.4, -0.2) is 0 Å². The van der Waals surface area contributed by atoms with Gasteiger partial charge in [0.2, 0.25) is 0 Å². The zero-order valence-corrected chi connectivity index (χ0v) is 11.6. The molecule has 100 valence electrons. The minimum atomic E-state index is -0.0743. The summed E-state index contributed by atoms with van der Waals surface area (Å²) in [5, 5.41) is 1.05. The van der Waals surface area contributed by atoms with Crippen LogP contribution in [0.2, 0.25) is 5.02 Å². The summed E-state index contributed by atoms with van der Waals surface area (Å²) in [7, 11) is 0. The predicted molar refractivity (Wildman–Crippen MR) is 82.1 cm³/mol. The smallest absolute Gasteiger partial charge is 0.193 e. The fourth-order valence-corrected chi connectivity index (χ4v) is 2.22. The molecule has 0 fully saturated rings. The van der Waals surface area contributed by atoms with Crippen LogP contribution >= 0.6 is 11.6 Å². The van der Waals surface area contributed by atoms with Crippen LogP contribution in [0.5, 0.6) is 0 Å². The van der Waals surface area contributed by atoms with Crippen LogP contribution in [0, 0.1) is 6.92 Å². The lowest BCUT2D eigenvalue weighted by atomic mass is 10.1. The minimum Gasteiger partial charge on any atom is -0.456 e. The first kappa shape index (κ1) is 12.8. The van der Waals surface area contributed by atoms with Crippen molar-refractivity contribution >= 4 is 28.3 Å². The SMILES string of the molecule is Cc1ccc2c(=O)cc(-c3ccc(Cl)c(N)c3)oc2c1. The van der Waals surface area contributed by atoms with Gasteiger partial charge in [0.05, 0.1) is 16.1 Å². The molecule has 20 heavy (non-hydrogen) atoms. The summed E-state index contributed by atoms with van der Waals surface area (Å²) in [5.74, 6) is 0.483. The standard InChI is InChI=1S/C16H12ClNO2/c1-9-2-4-11-14(19)8-15(20-16(11)6-9)10-3-5-12(17)13(18)7-10/h2-8H,18H2,1H3. The van der Waals surface area contributed by atoms with Gasteiger partial charge in [-0.1, -0.05) is 17.7 Å². The van der Waals surface area contributed by atoms with E-state index in [1.165, 1.54) is 6.07 Å². The van der Waals surface area contributed by atoms with E-state index in [4.69, 9.17) is 21.8 Å². The van der Waals surface area contributed by atoms with Crippen molar-refractivity contribution in [2.45, 2.75) is 6.92 Å². The molecule has 1 aromatic heterocycles. The second kappa shape index (κ2) is 4.69. The number of benzene rings is 2. The summed E-state index contributed by atoms with van der Waals surface area (Å²) >= 11 is 5.90. The molecule has 0 unspecified atom stereocenters. The van der Waals surface area contributed by atoms with Gasteiger partial charge in [-0.3, -0.25) is 4.79 Å². The molecule has 3 aromatic rings. The maximum atomic E-state index is 12.1. The Bertz CT molecular complexity index is 868. The highest BCUT2D eigenvalue weighted by Gasteiger charge is 2.08. The number of nitrogen functional groups attached to an aromatic ring is 1. The van der Waals surface area contributed by atoms with E-state index in [-0.39, 0.29) is 5.43 Å². The van der Waals surface area contributed by atoms with Crippen molar-refractivity contribution in [2.75, 3.05) is 5.73 Å². The van der Waals surface area contributed by atoms with Gasteiger partial charge in [-0.25, -0.2) is 0 Å². The van der Waals surface area contributed by atoms with E-state index in [1.54, 1.807) is 24.3 Å². The van der Waals surface area contributed by atoms with E-state index in [0.29, 0.717) is 27.4 Å². The highest BCUT2D eigenvalue weighted by atomic mass is 35.5. The molecule has 3 rings (SSSR count). The molecule has 1 heterocycles. The number of anilines is 1. The molecule has 0 aliphatic carbocycles. The van der Waals surface area contributed by atoms with E-state index in [9.17, 15) is 4.79 Å². The molecule has 0 aliphatic heterocycles. The number of hydrogen-bond acceptors (Lipinski definition) is 3. The average Bonchev–Trinajstić information content (AvgIpc) is 2.41. The molecule has 0 aliphatic rings. The topological polar surface area (TPSA) is 56.2 Å². The first-order valence-electron chi connectivity index (χ1n) is 6.14. The van der Waals surface area contributed by atoms with Gasteiger partial charge < -0.3 is 10.2 Å². The lowest BCUT2D eigenvalue weighted by molar-refractivity contribution is 0.618. The van der Waals surface area contributed by atoms with Crippen molar-refractivity contribution in [2.24, 2.45) is 0 Å². The summed E-state index contributed by atoms with van der Waals surface area (Å²) in [4.78, 5) is 12.1. The van der Waals surface area contributed by atoms with Crippen molar-refractivity contribution in [3.8, 4) is 11.3 Å². The van der Waals surface area contributed by atoms with Gasteiger partial charge in [-0.15, -0.1) is 0 Å². The summed E-state index contributed by atoms with van der Waals surface area (Å²) in [6.45, 7) is 1.95. The Morgan fingerprint density at radius 1 is 1.10 bits per heavy atom. The van der Waals surface area contributed by atoms with Crippen LogP contribution in [-0.2, 0) is 0 Å². The summed E-state index contributed by atoms with van der Waals surface area (Å²) < 4.78 is 5.81. The van der Waals surface area contributed by atoms with Crippen molar-refractivity contribution < 1.29 is 4.42 Å². The zero-order chi connectivity index (χ0) is 14.3. The van der Waals surface area contributed by atoms with Crippen LogP contribution in [0.3, 0.4) is 0 Å². The highest BCUT2D eigenvalue weighted by Crippen LogP contribution is 2.27. The van der Waals surface area contributed by atoms with Crippen molar-refractivity contribution in [3.05, 3.63) is 63.3 Å². The molecular weight excluding hydrogens is 274 g/mol. The number of hydrogen-bond donors (Lipinski definition) is 1.